The van der Waals surface area contributed by atoms with Crippen molar-refractivity contribution < 1.29 is 19.4 Å². The molecule has 0 spiro atoms. The van der Waals surface area contributed by atoms with Crippen LogP contribution in [-0.4, -0.2) is 23.4 Å². The molecule has 0 aliphatic carbocycles. The summed E-state index contributed by atoms with van der Waals surface area (Å²) in [6.07, 6.45) is 1.72. The third-order valence-electron chi connectivity index (χ3n) is 6.15. The van der Waals surface area contributed by atoms with Crippen LogP contribution in [-0.2, 0) is 16.0 Å². The molecule has 6 heteroatoms. The fourth-order valence-electron chi connectivity index (χ4n) is 4.24. The van der Waals surface area contributed by atoms with Gasteiger partial charge in [0.05, 0.1) is 18.2 Å². The Morgan fingerprint density at radius 2 is 1.77 bits per heavy atom. The van der Waals surface area contributed by atoms with Gasteiger partial charge in [0, 0.05) is 21.8 Å². The van der Waals surface area contributed by atoms with E-state index in [-0.39, 0.29) is 11.3 Å². The maximum Gasteiger partial charge on any atom is 0.300 e. The highest BCUT2D eigenvalue weighted by atomic mass is 79.9. The zero-order chi connectivity index (χ0) is 25.1. The first-order valence-corrected chi connectivity index (χ1v) is 12.5. The molecule has 5 nitrogen and oxygen atoms in total. The molecule has 1 saturated heterocycles. The number of ether oxygens (including phenoxy) is 1. The van der Waals surface area contributed by atoms with Crippen molar-refractivity contribution in [1.29, 1.82) is 0 Å². The molecule has 0 saturated carbocycles. The van der Waals surface area contributed by atoms with Crippen molar-refractivity contribution in [2.75, 3.05) is 11.5 Å². The summed E-state index contributed by atoms with van der Waals surface area (Å²) in [6, 6.07) is 19.5. The number of nitrogens with zero attached hydrogens (tertiary/aromatic N) is 1. The van der Waals surface area contributed by atoms with E-state index in [4.69, 9.17) is 4.74 Å². The number of aliphatic hydroxyl groups excluding tert-OH is 1. The van der Waals surface area contributed by atoms with Crippen molar-refractivity contribution in [1.82, 2.24) is 0 Å². The third-order valence-corrected chi connectivity index (χ3v) is 7.04. The van der Waals surface area contributed by atoms with E-state index in [0.717, 1.165) is 34.0 Å². The lowest BCUT2D eigenvalue weighted by Gasteiger charge is -2.26. The second-order valence-corrected chi connectivity index (χ2v) is 9.43. The summed E-state index contributed by atoms with van der Waals surface area (Å²) in [6.45, 7) is 6.54. The minimum Gasteiger partial charge on any atom is -0.507 e. The van der Waals surface area contributed by atoms with Crippen LogP contribution < -0.4 is 9.64 Å². The maximum absolute atomic E-state index is 13.4. The minimum absolute atomic E-state index is 0.0702. The molecular weight excluding hydrogens is 506 g/mol. The van der Waals surface area contributed by atoms with Gasteiger partial charge in [-0.2, -0.15) is 0 Å². The number of anilines is 1. The van der Waals surface area contributed by atoms with E-state index in [1.54, 1.807) is 30.3 Å². The quantitative estimate of drug-likeness (QED) is 0.207. The second kappa shape index (κ2) is 10.5. The fourth-order valence-corrected chi connectivity index (χ4v) is 4.49. The molecule has 0 bridgehead atoms. The number of Topliss-reactive ketones (excluding diaryl/α,β-unsaturated/α-hetero) is 1. The van der Waals surface area contributed by atoms with Crippen LogP contribution in [0.1, 0.15) is 48.6 Å². The molecule has 1 unspecified atom stereocenters. The van der Waals surface area contributed by atoms with Crippen molar-refractivity contribution >= 4 is 39.1 Å². The standard InChI is InChI=1S/C29H28BrNO4/c1-4-15-35-23-8-6-7-22(17-23)31-26(20-11-9-19(5-2)10-12-20)25(28(33)29(31)34)27(32)21-13-14-24(30)18(3)16-21/h6-14,16-17,26,32H,4-5,15H2,1-3H3/b27-25+. The summed E-state index contributed by atoms with van der Waals surface area (Å²) < 4.78 is 6.66. The molecule has 0 radical (unpaired) electrons. The van der Waals surface area contributed by atoms with E-state index >= 15 is 0 Å². The van der Waals surface area contributed by atoms with Gasteiger partial charge >= 0.3 is 0 Å². The zero-order valence-corrected chi connectivity index (χ0v) is 21.6. The molecule has 1 amide bonds. The van der Waals surface area contributed by atoms with E-state index in [0.29, 0.717) is 23.6 Å². The number of carbonyl (C=O) groups excluding carboxylic acids is 2. The highest BCUT2D eigenvalue weighted by Crippen LogP contribution is 2.43. The second-order valence-electron chi connectivity index (χ2n) is 8.57. The number of amides is 1. The van der Waals surface area contributed by atoms with Crippen LogP contribution in [0.15, 0.2) is 76.8 Å². The van der Waals surface area contributed by atoms with Crippen LogP contribution in [0.4, 0.5) is 5.69 Å². The first kappa shape index (κ1) is 24.7. The number of hydrogen-bond donors (Lipinski definition) is 1. The van der Waals surface area contributed by atoms with Gasteiger partial charge < -0.3 is 9.84 Å². The first-order valence-electron chi connectivity index (χ1n) is 11.7. The Morgan fingerprint density at radius 1 is 1.03 bits per heavy atom. The molecule has 3 aromatic carbocycles. The van der Waals surface area contributed by atoms with Crippen molar-refractivity contribution in [3.8, 4) is 5.75 Å². The predicted octanol–water partition coefficient (Wildman–Crippen LogP) is 6.74. The van der Waals surface area contributed by atoms with Crippen molar-refractivity contribution in [2.24, 2.45) is 0 Å². The monoisotopic (exact) mass is 533 g/mol. The summed E-state index contributed by atoms with van der Waals surface area (Å²) in [5, 5.41) is 11.3. The highest BCUT2D eigenvalue weighted by Gasteiger charge is 2.47. The van der Waals surface area contributed by atoms with Crippen LogP contribution in [0, 0.1) is 6.92 Å². The lowest BCUT2D eigenvalue weighted by molar-refractivity contribution is -0.132. The number of rotatable bonds is 7. The molecule has 1 atom stereocenters. The number of ketones is 1. The molecule has 0 aromatic heterocycles. The van der Waals surface area contributed by atoms with Gasteiger partial charge in [-0.3, -0.25) is 14.5 Å². The van der Waals surface area contributed by atoms with Crippen molar-refractivity contribution in [2.45, 2.75) is 39.7 Å². The van der Waals surface area contributed by atoms with Gasteiger partial charge in [0.25, 0.3) is 11.7 Å². The number of aliphatic hydroxyl groups is 1. The average Bonchev–Trinajstić information content (AvgIpc) is 3.14. The van der Waals surface area contributed by atoms with Crippen molar-refractivity contribution in [3.05, 3.63) is 99.0 Å². The Labute approximate surface area is 214 Å². The summed E-state index contributed by atoms with van der Waals surface area (Å²) in [7, 11) is 0. The molecule has 35 heavy (non-hydrogen) atoms. The summed E-state index contributed by atoms with van der Waals surface area (Å²) in [4.78, 5) is 28.2. The largest absolute Gasteiger partial charge is 0.507 e. The van der Waals surface area contributed by atoms with Crippen LogP contribution in [0.5, 0.6) is 5.75 Å². The summed E-state index contributed by atoms with van der Waals surface area (Å²) >= 11 is 3.47. The van der Waals surface area contributed by atoms with Gasteiger partial charge in [-0.05, 0) is 60.7 Å². The Kier molecular flexibility index (Phi) is 7.41. The molecule has 1 heterocycles. The van der Waals surface area contributed by atoms with Crippen LogP contribution in [0.25, 0.3) is 5.76 Å². The molecule has 1 N–H and O–H groups in total. The lowest BCUT2D eigenvalue weighted by atomic mass is 9.94. The number of carbonyl (C=O) groups is 2. The van der Waals surface area contributed by atoms with Gasteiger partial charge in [-0.1, -0.05) is 66.2 Å². The number of halogens is 1. The molecular formula is C29H28BrNO4. The smallest absolute Gasteiger partial charge is 0.300 e. The molecule has 1 aliphatic rings. The van der Waals surface area contributed by atoms with Crippen LogP contribution in [0.3, 0.4) is 0 Å². The van der Waals surface area contributed by atoms with Crippen LogP contribution >= 0.6 is 15.9 Å². The van der Waals surface area contributed by atoms with E-state index in [9.17, 15) is 14.7 Å². The van der Waals surface area contributed by atoms with Crippen LogP contribution in [0.2, 0.25) is 0 Å². The van der Waals surface area contributed by atoms with E-state index < -0.39 is 17.7 Å². The van der Waals surface area contributed by atoms with Gasteiger partial charge in [-0.15, -0.1) is 0 Å². The van der Waals surface area contributed by atoms with E-state index in [1.165, 1.54) is 4.90 Å². The Hall–Kier alpha value is -3.38. The van der Waals surface area contributed by atoms with Gasteiger partial charge in [0.2, 0.25) is 0 Å². The predicted molar refractivity (Wildman–Crippen MR) is 142 cm³/mol. The Bertz CT molecular complexity index is 1300. The average molecular weight is 534 g/mol. The normalized spacial score (nSPS) is 17.1. The van der Waals surface area contributed by atoms with E-state index in [1.807, 2.05) is 50.2 Å². The Balaban J connectivity index is 1.89. The van der Waals surface area contributed by atoms with Gasteiger partial charge in [0.1, 0.15) is 11.5 Å². The third kappa shape index (κ3) is 4.89. The summed E-state index contributed by atoms with van der Waals surface area (Å²) in [5.74, 6) is -0.968. The van der Waals surface area contributed by atoms with Gasteiger partial charge in [0.15, 0.2) is 0 Å². The zero-order valence-electron chi connectivity index (χ0n) is 20.0. The van der Waals surface area contributed by atoms with Crippen molar-refractivity contribution in [3.63, 3.8) is 0 Å². The highest BCUT2D eigenvalue weighted by molar-refractivity contribution is 9.10. The number of aryl methyl sites for hydroxylation is 2. The summed E-state index contributed by atoms with van der Waals surface area (Å²) in [5.41, 5.74) is 3.89. The topological polar surface area (TPSA) is 66.8 Å². The fraction of sp³-hybridized carbons (Fsp3) is 0.241. The Morgan fingerprint density at radius 3 is 2.43 bits per heavy atom. The molecule has 1 aliphatic heterocycles. The lowest BCUT2D eigenvalue weighted by Crippen LogP contribution is -2.29. The van der Waals surface area contributed by atoms with E-state index in [2.05, 4.69) is 22.9 Å². The number of hydrogen-bond acceptors (Lipinski definition) is 4. The first-order chi connectivity index (χ1) is 16.8. The van der Waals surface area contributed by atoms with Gasteiger partial charge in [-0.25, -0.2) is 0 Å². The minimum atomic E-state index is -0.772. The molecule has 1 fully saturated rings. The SMILES string of the molecule is CCCOc1cccc(N2C(=O)C(=O)/C(=C(/O)c3ccc(Br)c(C)c3)C2c2ccc(CC)cc2)c1. The maximum atomic E-state index is 13.4. The molecule has 180 valence electrons. The molecule has 3 aromatic rings. The molecule has 4 rings (SSSR count). The number of benzene rings is 3.